The first-order valence-corrected chi connectivity index (χ1v) is 9.81. The number of aryl methyl sites for hydroxylation is 2. The lowest BCUT2D eigenvalue weighted by molar-refractivity contribution is -0.118. The summed E-state index contributed by atoms with van der Waals surface area (Å²) in [6.07, 6.45) is 6.11. The van der Waals surface area contributed by atoms with Crippen molar-refractivity contribution >= 4 is 11.6 Å². The quantitative estimate of drug-likeness (QED) is 0.519. The van der Waals surface area contributed by atoms with Gasteiger partial charge >= 0.3 is 0 Å². The highest BCUT2D eigenvalue weighted by Crippen LogP contribution is 2.19. The zero-order valence-electron chi connectivity index (χ0n) is 16.7. The first kappa shape index (κ1) is 20.8. The van der Waals surface area contributed by atoms with Gasteiger partial charge in [-0.25, -0.2) is 0 Å². The van der Waals surface area contributed by atoms with Gasteiger partial charge in [-0.15, -0.1) is 0 Å². The Kier molecular flexibility index (Phi) is 8.69. The number of unbranched alkanes of at least 4 members (excludes halogenated alkanes) is 4. The van der Waals surface area contributed by atoms with E-state index in [-0.39, 0.29) is 12.5 Å². The van der Waals surface area contributed by atoms with Crippen LogP contribution in [0.1, 0.15) is 50.2 Å². The summed E-state index contributed by atoms with van der Waals surface area (Å²) in [6, 6.07) is 13.4. The lowest BCUT2D eigenvalue weighted by Gasteiger charge is -2.11. The molecule has 0 heterocycles. The van der Waals surface area contributed by atoms with Crippen molar-refractivity contribution in [1.29, 1.82) is 0 Å². The van der Waals surface area contributed by atoms with Gasteiger partial charge in [0.2, 0.25) is 0 Å². The van der Waals surface area contributed by atoms with Crippen LogP contribution in [0.3, 0.4) is 0 Å². The topological polar surface area (TPSA) is 47.6 Å². The summed E-state index contributed by atoms with van der Waals surface area (Å²) in [7, 11) is 0. The van der Waals surface area contributed by atoms with Crippen LogP contribution in [-0.4, -0.2) is 19.1 Å². The highest BCUT2D eigenvalue weighted by molar-refractivity contribution is 5.91. The maximum absolute atomic E-state index is 12.1. The SMILES string of the molecule is CCCCCCCOc1ccc(NC(=O)COc2ccc(C)cc2C)cc1. The summed E-state index contributed by atoms with van der Waals surface area (Å²) in [5.41, 5.74) is 2.94. The number of amides is 1. The molecular formula is C23H31NO3. The lowest BCUT2D eigenvalue weighted by atomic mass is 10.1. The molecule has 2 aromatic carbocycles. The monoisotopic (exact) mass is 369 g/mol. The van der Waals surface area contributed by atoms with E-state index in [0.29, 0.717) is 0 Å². The van der Waals surface area contributed by atoms with Gasteiger partial charge in [0.15, 0.2) is 6.61 Å². The third-order valence-electron chi connectivity index (χ3n) is 4.34. The van der Waals surface area contributed by atoms with Crippen molar-refractivity contribution in [3.63, 3.8) is 0 Å². The van der Waals surface area contributed by atoms with E-state index >= 15 is 0 Å². The molecule has 2 rings (SSSR count). The molecule has 1 N–H and O–H groups in total. The zero-order valence-corrected chi connectivity index (χ0v) is 16.7. The minimum absolute atomic E-state index is 0.0140. The molecule has 0 saturated carbocycles. The predicted octanol–water partition coefficient (Wildman–Crippen LogP) is 5.67. The number of hydrogen-bond donors (Lipinski definition) is 1. The maximum Gasteiger partial charge on any atom is 0.262 e. The number of benzene rings is 2. The summed E-state index contributed by atoms with van der Waals surface area (Å²) in [5, 5.41) is 2.84. The van der Waals surface area contributed by atoms with Crippen molar-refractivity contribution in [3.05, 3.63) is 53.6 Å². The fourth-order valence-corrected chi connectivity index (χ4v) is 2.83. The molecule has 0 unspecified atom stereocenters. The maximum atomic E-state index is 12.1. The van der Waals surface area contributed by atoms with Crippen LogP contribution in [0.5, 0.6) is 11.5 Å². The van der Waals surface area contributed by atoms with Gasteiger partial charge in [0.05, 0.1) is 6.61 Å². The number of anilines is 1. The summed E-state index contributed by atoms with van der Waals surface area (Å²) < 4.78 is 11.3. The van der Waals surface area contributed by atoms with Crippen LogP contribution in [0, 0.1) is 13.8 Å². The smallest absolute Gasteiger partial charge is 0.262 e. The molecule has 0 saturated heterocycles. The predicted molar refractivity (Wildman–Crippen MR) is 111 cm³/mol. The second-order valence-electron chi connectivity index (χ2n) is 6.89. The Balaban J connectivity index is 1.71. The molecule has 0 bridgehead atoms. The van der Waals surface area contributed by atoms with E-state index in [1.165, 1.54) is 31.2 Å². The molecule has 4 nitrogen and oxygen atoms in total. The Hall–Kier alpha value is -2.49. The van der Waals surface area contributed by atoms with Gasteiger partial charge in [0, 0.05) is 5.69 Å². The summed E-state index contributed by atoms with van der Waals surface area (Å²) in [4.78, 5) is 12.1. The number of carbonyl (C=O) groups is 1. The fourth-order valence-electron chi connectivity index (χ4n) is 2.83. The second-order valence-corrected chi connectivity index (χ2v) is 6.89. The molecule has 0 fully saturated rings. The molecule has 4 heteroatoms. The Morgan fingerprint density at radius 1 is 0.926 bits per heavy atom. The molecule has 0 spiro atoms. The number of ether oxygens (including phenoxy) is 2. The normalized spacial score (nSPS) is 10.5. The van der Waals surface area contributed by atoms with Gasteiger partial charge in [0.25, 0.3) is 5.91 Å². The van der Waals surface area contributed by atoms with Crippen molar-refractivity contribution in [2.75, 3.05) is 18.5 Å². The van der Waals surface area contributed by atoms with Crippen LogP contribution in [0.25, 0.3) is 0 Å². The van der Waals surface area contributed by atoms with Crippen LogP contribution >= 0.6 is 0 Å². The molecule has 0 aliphatic carbocycles. The van der Waals surface area contributed by atoms with Gasteiger partial charge in [0.1, 0.15) is 11.5 Å². The van der Waals surface area contributed by atoms with E-state index in [2.05, 4.69) is 12.2 Å². The van der Waals surface area contributed by atoms with Gasteiger partial charge < -0.3 is 14.8 Å². The molecule has 146 valence electrons. The lowest BCUT2D eigenvalue weighted by Crippen LogP contribution is -2.20. The van der Waals surface area contributed by atoms with Crippen molar-refractivity contribution in [1.82, 2.24) is 0 Å². The van der Waals surface area contributed by atoms with E-state index in [0.717, 1.165) is 35.8 Å². The Morgan fingerprint density at radius 2 is 1.67 bits per heavy atom. The average molecular weight is 370 g/mol. The van der Waals surface area contributed by atoms with E-state index in [4.69, 9.17) is 9.47 Å². The Bertz CT molecular complexity index is 710. The van der Waals surface area contributed by atoms with Crippen LogP contribution in [0.15, 0.2) is 42.5 Å². The van der Waals surface area contributed by atoms with Crippen molar-refractivity contribution in [2.45, 2.75) is 52.9 Å². The van der Waals surface area contributed by atoms with Gasteiger partial charge in [-0.3, -0.25) is 4.79 Å². The van der Waals surface area contributed by atoms with E-state index in [9.17, 15) is 4.79 Å². The summed E-state index contributed by atoms with van der Waals surface area (Å²) >= 11 is 0. The number of rotatable bonds is 11. The molecule has 27 heavy (non-hydrogen) atoms. The Morgan fingerprint density at radius 3 is 2.37 bits per heavy atom. The largest absolute Gasteiger partial charge is 0.494 e. The highest BCUT2D eigenvalue weighted by atomic mass is 16.5. The molecular weight excluding hydrogens is 338 g/mol. The minimum atomic E-state index is -0.181. The molecule has 0 radical (unpaired) electrons. The number of hydrogen-bond acceptors (Lipinski definition) is 3. The van der Waals surface area contributed by atoms with E-state index in [1.54, 1.807) is 0 Å². The fraction of sp³-hybridized carbons (Fsp3) is 0.435. The van der Waals surface area contributed by atoms with Gasteiger partial charge in [-0.1, -0.05) is 50.3 Å². The zero-order chi connectivity index (χ0) is 19.5. The van der Waals surface area contributed by atoms with Crippen LogP contribution < -0.4 is 14.8 Å². The number of carbonyl (C=O) groups excluding carboxylic acids is 1. The van der Waals surface area contributed by atoms with E-state index < -0.39 is 0 Å². The van der Waals surface area contributed by atoms with Crippen molar-refractivity contribution < 1.29 is 14.3 Å². The second kappa shape index (κ2) is 11.3. The van der Waals surface area contributed by atoms with Crippen LogP contribution in [0.4, 0.5) is 5.69 Å². The third kappa shape index (κ3) is 7.73. The first-order valence-electron chi connectivity index (χ1n) is 9.81. The third-order valence-corrected chi connectivity index (χ3v) is 4.34. The minimum Gasteiger partial charge on any atom is -0.494 e. The van der Waals surface area contributed by atoms with E-state index in [1.807, 2.05) is 56.3 Å². The van der Waals surface area contributed by atoms with Gasteiger partial charge in [-0.05, 0) is 56.2 Å². The molecule has 0 aliphatic heterocycles. The van der Waals surface area contributed by atoms with Crippen LogP contribution in [0.2, 0.25) is 0 Å². The van der Waals surface area contributed by atoms with Crippen LogP contribution in [-0.2, 0) is 4.79 Å². The Labute approximate surface area is 162 Å². The highest BCUT2D eigenvalue weighted by Gasteiger charge is 2.06. The average Bonchev–Trinajstić information content (AvgIpc) is 2.65. The molecule has 2 aromatic rings. The van der Waals surface area contributed by atoms with Crippen molar-refractivity contribution in [3.8, 4) is 11.5 Å². The molecule has 0 aromatic heterocycles. The summed E-state index contributed by atoms with van der Waals surface area (Å²) in [6.45, 7) is 6.94. The van der Waals surface area contributed by atoms with Gasteiger partial charge in [-0.2, -0.15) is 0 Å². The molecule has 0 atom stereocenters. The number of nitrogens with one attached hydrogen (secondary N) is 1. The van der Waals surface area contributed by atoms with Crippen molar-refractivity contribution in [2.24, 2.45) is 0 Å². The molecule has 1 amide bonds. The standard InChI is InChI=1S/C23H31NO3/c1-4-5-6-7-8-15-26-21-12-10-20(11-13-21)24-23(25)17-27-22-14-9-18(2)16-19(22)3/h9-14,16H,4-8,15,17H2,1-3H3,(H,24,25). The summed E-state index contributed by atoms with van der Waals surface area (Å²) in [5.74, 6) is 1.38. The first-order chi connectivity index (χ1) is 13.1. The molecule has 0 aliphatic rings.